The van der Waals surface area contributed by atoms with Crippen molar-refractivity contribution in [1.29, 1.82) is 0 Å². The zero-order valence-electron chi connectivity index (χ0n) is 11.1. The van der Waals surface area contributed by atoms with Crippen LogP contribution in [-0.4, -0.2) is 31.1 Å². The van der Waals surface area contributed by atoms with Crippen LogP contribution in [0.3, 0.4) is 0 Å². The fraction of sp³-hybridized carbons (Fsp3) is 0.400. The lowest BCUT2D eigenvalue weighted by Gasteiger charge is -2.29. The normalized spacial score (nSPS) is 26.1. The Bertz CT molecular complexity index is 441. The average molecular weight is 262 g/mol. The van der Waals surface area contributed by atoms with Gasteiger partial charge in [0.1, 0.15) is 6.10 Å². The molecule has 0 aliphatic carbocycles. The van der Waals surface area contributed by atoms with Gasteiger partial charge in [0, 0.05) is 6.61 Å². The summed E-state index contributed by atoms with van der Waals surface area (Å²) in [4.78, 5) is 11.9. The van der Waals surface area contributed by atoms with E-state index in [4.69, 9.17) is 14.2 Å². The Morgan fingerprint density at radius 2 is 2.00 bits per heavy atom. The van der Waals surface area contributed by atoms with Gasteiger partial charge >= 0.3 is 5.97 Å². The first-order chi connectivity index (χ1) is 9.20. The molecule has 2 rings (SSSR count). The zero-order valence-corrected chi connectivity index (χ0v) is 11.1. The lowest BCUT2D eigenvalue weighted by atomic mass is 10.1. The second-order valence-corrected chi connectivity index (χ2v) is 4.29. The molecule has 0 unspecified atom stereocenters. The standard InChI is InChI=1S/C15H18O4/c1-3-17-14-10-9-13(11(2)18-14)19-15(16)12-7-5-4-6-8-12/h4-11,13-14H,3H2,1-2H3/t11-,13-,14-/m0/s1. The van der Waals surface area contributed by atoms with Gasteiger partial charge in [0.2, 0.25) is 0 Å². The minimum Gasteiger partial charge on any atom is -0.452 e. The number of carbonyl (C=O) groups is 1. The van der Waals surface area contributed by atoms with Crippen LogP contribution in [0.25, 0.3) is 0 Å². The minimum absolute atomic E-state index is 0.228. The summed E-state index contributed by atoms with van der Waals surface area (Å²) in [6, 6.07) is 8.92. The third-order valence-electron chi connectivity index (χ3n) is 2.85. The fourth-order valence-electron chi connectivity index (χ4n) is 1.85. The van der Waals surface area contributed by atoms with Gasteiger partial charge in [0.25, 0.3) is 0 Å². The van der Waals surface area contributed by atoms with Crippen LogP contribution in [0, 0.1) is 0 Å². The van der Waals surface area contributed by atoms with Crippen LogP contribution < -0.4 is 0 Å². The average Bonchev–Trinajstić information content (AvgIpc) is 2.43. The van der Waals surface area contributed by atoms with Gasteiger partial charge in [0.15, 0.2) is 6.29 Å². The van der Waals surface area contributed by atoms with E-state index in [1.807, 2.05) is 26.0 Å². The molecule has 1 aromatic carbocycles. The van der Waals surface area contributed by atoms with Crippen molar-refractivity contribution in [3.8, 4) is 0 Å². The smallest absolute Gasteiger partial charge is 0.338 e. The highest BCUT2D eigenvalue weighted by atomic mass is 16.7. The Hall–Kier alpha value is -1.65. The molecule has 0 aromatic heterocycles. The van der Waals surface area contributed by atoms with Crippen LogP contribution >= 0.6 is 0 Å². The molecule has 3 atom stereocenters. The molecule has 0 spiro atoms. The first-order valence-electron chi connectivity index (χ1n) is 6.42. The molecule has 0 saturated carbocycles. The Morgan fingerprint density at radius 1 is 1.26 bits per heavy atom. The van der Waals surface area contributed by atoms with Crippen molar-refractivity contribution in [3.05, 3.63) is 48.0 Å². The minimum atomic E-state index is -0.385. The Kier molecular flexibility index (Phi) is 4.71. The molecule has 1 aliphatic rings. The predicted octanol–water partition coefficient (Wildman–Crippen LogP) is 2.55. The number of benzene rings is 1. The van der Waals surface area contributed by atoms with E-state index in [1.165, 1.54) is 0 Å². The highest BCUT2D eigenvalue weighted by molar-refractivity contribution is 5.89. The Balaban J connectivity index is 1.96. The van der Waals surface area contributed by atoms with E-state index < -0.39 is 0 Å². The molecular formula is C15H18O4. The second-order valence-electron chi connectivity index (χ2n) is 4.29. The summed E-state index contributed by atoms with van der Waals surface area (Å²) in [7, 11) is 0. The summed E-state index contributed by atoms with van der Waals surface area (Å²) < 4.78 is 16.3. The SMILES string of the molecule is CCO[C@@H]1C=C[C@H](OC(=O)c2ccccc2)[C@H](C)O1. The van der Waals surface area contributed by atoms with Crippen LogP contribution in [0.2, 0.25) is 0 Å². The van der Waals surface area contributed by atoms with E-state index in [-0.39, 0.29) is 24.5 Å². The first-order valence-corrected chi connectivity index (χ1v) is 6.42. The summed E-state index contributed by atoms with van der Waals surface area (Å²) >= 11 is 0. The number of ether oxygens (including phenoxy) is 3. The van der Waals surface area contributed by atoms with Crippen molar-refractivity contribution >= 4 is 5.97 Å². The van der Waals surface area contributed by atoms with Gasteiger partial charge in [-0.25, -0.2) is 4.79 Å². The second kappa shape index (κ2) is 6.50. The number of esters is 1. The third-order valence-corrected chi connectivity index (χ3v) is 2.85. The maximum absolute atomic E-state index is 11.9. The molecule has 1 heterocycles. The Labute approximate surface area is 113 Å². The van der Waals surface area contributed by atoms with Crippen molar-refractivity contribution in [2.24, 2.45) is 0 Å². The fourth-order valence-corrected chi connectivity index (χ4v) is 1.85. The predicted molar refractivity (Wildman–Crippen MR) is 70.7 cm³/mol. The van der Waals surface area contributed by atoms with Gasteiger partial charge in [-0.05, 0) is 38.1 Å². The molecule has 1 aliphatic heterocycles. The van der Waals surface area contributed by atoms with E-state index in [0.29, 0.717) is 12.2 Å². The molecule has 19 heavy (non-hydrogen) atoms. The first kappa shape index (κ1) is 13.8. The molecule has 4 nitrogen and oxygen atoms in total. The third kappa shape index (κ3) is 3.66. The van der Waals surface area contributed by atoms with Gasteiger partial charge in [-0.15, -0.1) is 0 Å². The number of carbonyl (C=O) groups excluding carboxylic acids is 1. The zero-order chi connectivity index (χ0) is 13.7. The van der Waals surface area contributed by atoms with Gasteiger partial charge in [-0.1, -0.05) is 18.2 Å². The molecule has 0 bridgehead atoms. The molecule has 0 amide bonds. The maximum Gasteiger partial charge on any atom is 0.338 e. The van der Waals surface area contributed by atoms with Crippen molar-refractivity contribution < 1.29 is 19.0 Å². The van der Waals surface area contributed by atoms with Crippen LogP contribution in [0.4, 0.5) is 0 Å². The quantitative estimate of drug-likeness (QED) is 0.618. The van der Waals surface area contributed by atoms with Crippen molar-refractivity contribution in [3.63, 3.8) is 0 Å². The van der Waals surface area contributed by atoms with Gasteiger partial charge in [-0.3, -0.25) is 0 Å². The molecule has 0 fully saturated rings. The van der Waals surface area contributed by atoms with Gasteiger partial charge in [-0.2, -0.15) is 0 Å². The van der Waals surface area contributed by atoms with E-state index in [2.05, 4.69) is 0 Å². The highest BCUT2D eigenvalue weighted by Gasteiger charge is 2.27. The molecule has 4 heteroatoms. The number of hydrogen-bond donors (Lipinski definition) is 0. The van der Waals surface area contributed by atoms with E-state index in [1.54, 1.807) is 30.3 Å². The van der Waals surface area contributed by atoms with Gasteiger partial charge in [0.05, 0.1) is 11.7 Å². The number of rotatable bonds is 4. The largest absolute Gasteiger partial charge is 0.452 e. The summed E-state index contributed by atoms with van der Waals surface area (Å²) in [5.41, 5.74) is 0.537. The lowest BCUT2D eigenvalue weighted by Crippen LogP contribution is -2.37. The molecule has 102 valence electrons. The van der Waals surface area contributed by atoms with Crippen molar-refractivity contribution in [1.82, 2.24) is 0 Å². The van der Waals surface area contributed by atoms with E-state index in [0.717, 1.165) is 0 Å². The molecule has 0 saturated heterocycles. The van der Waals surface area contributed by atoms with Crippen molar-refractivity contribution in [2.45, 2.75) is 32.3 Å². The molecule has 0 radical (unpaired) electrons. The van der Waals surface area contributed by atoms with Crippen LogP contribution in [-0.2, 0) is 14.2 Å². The number of hydrogen-bond acceptors (Lipinski definition) is 4. The van der Waals surface area contributed by atoms with Crippen molar-refractivity contribution in [2.75, 3.05) is 6.61 Å². The molecule has 0 N–H and O–H groups in total. The van der Waals surface area contributed by atoms with E-state index in [9.17, 15) is 4.79 Å². The summed E-state index contributed by atoms with van der Waals surface area (Å²) in [6.45, 7) is 4.35. The lowest BCUT2D eigenvalue weighted by molar-refractivity contribution is -0.163. The van der Waals surface area contributed by atoms with Crippen LogP contribution in [0.1, 0.15) is 24.2 Å². The molecule has 1 aromatic rings. The highest BCUT2D eigenvalue weighted by Crippen LogP contribution is 2.17. The topological polar surface area (TPSA) is 44.8 Å². The summed E-state index contributed by atoms with van der Waals surface area (Å²) in [5, 5.41) is 0. The van der Waals surface area contributed by atoms with Crippen LogP contribution in [0.15, 0.2) is 42.5 Å². The van der Waals surface area contributed by atoms with Gasteiger partial charge < -0.3 is 14.2 Å². The Morgan fingerprint density at radius 3 is 2.63 bits per heavy atom. The summed E-state index contributed by atoms with van der Waals surface area (Å²) in [5.74, 6) is -0.347. The molecular weight excluding hydrogens is 244 g/mol. The van der Waals surface area contributed by atoms with E-state index >= 15 is 0 Å². The monoisotopic (exact) mass is 262 g/mol. The summed E-state index contributed by atoms with van der Waals surface area (Å²) in [6.07, 6.45) is 2.62. The van der Waals surface area contributed by atoms with Crippen LogP contribution in [0.5, 0.6) is 0 Å². The maximum atomic E-state index is 11.9.